The normalized spacial score (nSPS) is 17.3. The van der Waals surface area contributed by atoms with Gasteiger partial charge in [-0.05, 0) is 24.3 Å². The van der Waals surface area contributed by atoms with Gasteiger partial charge in [-0.25, -0.2) is 0 Å². The van der Waals surface area contributed by atoms with Crippen LogP contribution >= 0.6 is 0 Å². The Bertz CT molecular complexity index is 825. The van der Waals surface area contributed by atoms with Gasteiger partial charge in [-0.2, -0.15) is 0 Å². The second kappa shape index (κ2) is 9.00. The first-order valence-corrected chi connectivity index (χ1v) is 9.98. The van der Waals surface area contributed by atoms with Crippen molar-refractivity contribution < 1.29 is 18.7 Å². The van der Waals surface area contributed by atoms with Gasteiger partial charge in [0.25, 0.3) is 5.91 Å². The standard InChI is InChI=1S/C21H26N4O4/c26-20(24-7-9-25(10-8-24)21(27)19-6-3-13-29-19)16-22-17-4-1-2-5-18(17)23-11-14-28-15-12-23/h1-6,13,22H,7-12,14-16H2. The zero-order valence-electron chi connectivity index (χ0n) is 16.4. The van der Waals surface area contributed by atoms with Gasteiger partial charge in [0.15, 0.2) is 5.76 Å². The van der Waals surface area contributed by atoms with Gasteiger partial charge in [0.2, 0.25) is 5.91 Å². The Kier molecular flexibility index (Phi) is 6.00. The van der Waals surface area contributed by atoms with E-state index in [1.807, 2.05) is 18.2 Å². The number of ether oxygens (including phenoxy) is 1. The first-order chi connectivity index (χ1) is 14.2. The predicted octanol–water partition coefficient (Wildman–Crippen LogP) is 1.51. The molecule has 8 heteroatoms. The van der Waals surface area contributed by atoms with Crippen molar-refractivity contribution >= 4 is 23.2 Å². The molecule has 2 saturated heterocycles. The Hall–Kier alpha value is -3.00. The van der Waals surface area contributed by atoms with Crippen molar-refractivity contribution in [3.63, 3.8) is 0 Å². The van der Waals surface area contributed by atoms with Crippen molar-refractivity contribution in [3.8, 4) is 0 Å². The Balaban J connectivity index is 1.29. The largest absolute Gasteiger partial charge is 0.459 e. The van der Waals surface area contributed by atoms with Crippen LogP contribution in [0.4, 0.5) is 11.4 Å². The van der Waals surface area contributed by atoms with Crippen LogP contribution in [0.3, 0.4) is 0 Å². The number of carbonyl (C=O) groups excluding carboxylic acids is 2. The molecule has 1 N–H and O–H groups in total. The molecule has 0 radical (unpaired) electrons. The number of carbonyl (C=O) groups is 2. The SMILES string of the molecule is O=C(CNc1ccccc1N1CCOCC1)N1CCN(C(=O)c2ccco2)CC1. The molecule has 2 fully saturated rings. The summed E-state index contributed by atoms with van der Waals surface area (Å²) in [4.78, 5) is 30.8. The molecule has 154 valence electrons. The molecule has 0 unspecified atom stereocenters. The minimum absolute atomic E-state index is 0.0341. The molecule has 2 amide bonds. The van der Waals surface area contributed by atoms with E-state index in [2.05, 4.69) is 16.3 Å². The van der Waals surface area contributed by atoms with Crippen LogP contribution in [0.25, 0.3) is 0 Å². The van der Waals surface area contributed by atoms with Crippen molar-refractivity contribution in [1.82, 2.24) is 9.80 Å². The lowest BCUT2D eigenvalue weighted by Gasteiger charge is -2.34. The summed E-state index contributed by atoms with van der Waals surface area (Å²) in [7, 11) is 0. The average molecular weight is 398 g/mol. The molecule has 0 atom stereocenters. The third kappa shape index (κ3) is 4.54. The Morgan fingerprint density at radius 1 is 0.897 bits per heavy atom. The van der Waals surface area contributed by atoms with Gasteiger partial charge in [-0.3, -0.25) is 9.59 Å². The number of amides is 2. The molecule has 4 rings (SSSR count). The summed E-state index contributed by atoms with van der Waals surface area (Å²) in [5, 5.41) is 3.29. The van der Waals surface area contributed by atoms with Crippen LogP contribution in [0.1, 0.15) is 10.6 Å². The zero-order valence-corrected chi connectivity index (χ0v) is 16.4. The minimum Gasteiger partial charge on any atom is -0.459 e. The number of nitrogens with one attached hydrogen (secondary N) is 1. The molecule has 1 aromatic carbocycles. The van der Waals surface area contributed by atoms with Crippen molar-refractivity contribution in [2.45, 2.75) is 0 Å². The molecule has 0 aliphatic carbocycles. The number of furan rings is 1. The van der Waals surface area contributed by atoms with E-state index >= 15 is 0 Å². The summed E-state index contributed by atoms with van der Waals surface area (Å²) >= 11 is 0. The third-order valence-corrected chi connectivity index (χ3v) is 5.34. The molecular weight excluding hydrogens is 372 g/mol. The molecule has 8 nitrogen and oxygen atoms in total. The first-order valence-electron chi connectivity index (χ1n) is 9.98. The van der Waals surface area contributed by atoms with Crippen LogP contribution in [0.5, 0.6) is 0 Å². The highest BCUT2D eigenvalue weighted by Crippen LogP contribution is 2.26. The summed E-state index contributed by atoms with van der Waals surface area (Å²) in [5.74, 6) is 0.248. The number of nitrogens with zero attached hydrogens (tertiary/aromatic N) is 3. The zero-order chi connectivity index (χ0) is 20.1. The van der Waals surface area contributed by atoms with Crippen LogP contribution in [-0.4, -0.2) is 80.6 Å². The number of anilines is 2. The quantitative estimate of drug-likeness (QED) is 0.823. The Morgan fingerprint density at radius 3 is 2.34 bits per heavy atom. The maximum absolute atomic E-state index is 12.7. The molecular formula is C21H26N4O4. The Labute approximate surface area is 170 Å². The number of benzene rings is 1. The van der Waals surface area contributed by atoms with Crippen LogP contribution in [0.2, 0.25) is 0 Å². The monoisotopic (exact) mass is 398 g/mol. The summed E-state index contributed by atoms with van der Waals surface area (Å²) in [6.07, 6.45) is 1.49. The smallest absolute Gasteiger partial charge is 0.289 e. The summed E-state index contributed by atoms with van der Waals surface area (Å²) in [5.41, 5.74) is 2.05. The van der Waals surface area contributed by atoms with Gasteiger partial charge in [-0.1, -0.05) is 12.1 Å². The van der Waals surface area contributed by atoms with Gasteiger partial charge in [-0.15, -0.1) is 0 Å². The van der Waals surface area contributed by atoms with Crippen molar-refractivity contribution in [1.29, 1.82) is 0 Å². The van der Waals surface area contributed by atoms with Gasteiger partial charge in [0.05, 0.1) is 37.4 Å². The highest BCUT2D eigenvalue weighted by molar-refractivity contribution is 5.91. The average Bonchev–Trinajstić information content (AvgIpc) is 3.33. The van der Waals surface area contributed by atoms with E-state index in [0.717, 1.165) is 24.5 Å². The Morgan fingerprint density at radius 2 is 1.62 bits per heavy atom. The van der Waals surface area contributed by atoms with E-state index in [1.54, 1.807) is 21.9 Å². The molecule has 3 heterocycles. The fraction of sp³-hybridized carbons (Fsp3) is 0.429. The molecule has 0 saturated carbocycles. The summed E-state index contributed by atoms with van der Waals surface area (Å²) < 4.78 is 10.6. The van der Waals surface area contributed by atoms with Gasteiger partial charge in [0, 0.05) is 39.3 Å². The van der Waals surface area contributed by atoms with Gasteiger partial charge >= 0.3 is 0 Å². The van der Waals surface area contributed by atoms with Crippen LogP contribution in [0, 0.1) is 0 Å². The van der Waals surface area contributed by atoms with E-state index in [9.17, 15) is 9.59 Å². The lowest BCUT2D eigenvalue weighted by Crippen LogP contribution is -2.51. The van der Waals surface area contributed by atoms with Crippen molar-refractivity contribution in [2.75, 3.05) is 69.2 Å². The van der Waals surface area contributed by atoms with E-state index in [-0.39, 0.29) is 18.4 Å². The highest BCUT2D eigenvalue weighted by atomic mass is 16.5. The predicted molar refractivity (Wildman–Crippen MR) is 109 cm³/mol. The number of para-hydroxylation sites is 2. The van der Waals surface area contributed by atoms with E-state index in [4.69, 9.17) is 9.15 Å². The minimum atomic E-state index is -0.125. The fourth-order valence-electron chi connectivity index (χ4n) is 3.70. The van der Waals surface area contributed by atoms with E-state index < -0.39 is 0 Å². The molecule has 2 aromatic rings. The van der Waals surface area contributed by atoms with Gasteiger partial charge in [0.1, 0.15) is 0 Å². The summed E-state index contributed by atoms with van der Waals surface area (Å²) in [6.45, 7) is 5.42. The molecule has 2 aliphatic heterocycles. The fourth-order valence-corrected chi connectivity index (χ4v) is 3.70. The molecule has 1 aromatic heterocycles. The number of morpholine rings is 1. The maximum Gasteiger partial charge on any atom is 0.289 e. The molecule has 0 spiro atoms. The van der Waals surface area contributed by atoms with E-state index in [0.29, 0.717) is 45.2 Å². The second-order valence-corrected chi connectivity index (χ2v) is 7.12. The molecule has 2 aliphatic rings. The topological polar surface area (TPSA) is 78.3 Å². The molecule has 0 bridgehead atoms. The van der Waals surface area contributed by atoms with Crippen LogP contribution < -0.4 is 10.2 Å². The number of hydrogen-bond acceptors (Lipinski definition) is 6. The van der Waals surface area contributed by atoms with Gasteiger partial charge < -0.3 is 29.2 Å². The summed E-state index contributed by atoms with van der Waals surface area (Å²) in [6, 6.07) is 11.4. The van der Waals surface area contributed by atoms with Crippen LogP contribution in [-0.2, 0) is 9.53 Å². The van der Waals surface area contributed by atoms with Crippen molar-refractivity contribution in [2.24, 2.45) is 0 Å². The second-order valence-electron chi connectivity index (χ2n) is 7.12. The van der Waals surface area contributed by atoms with Crippen LogP contribution in [0.15, 0.2) is 47.1 Å². The lowest BCUT2D eigenvalue weighted by molar-refractivity contribution is -0.130. The number of hydrogen-bond donors (Lipinski definition) is 1. The maximum atomic E-state index is 12.7. The number of piperazine rings is 1. The molecule has 29 heavy (non-hydrogen) atoms. The third-order valence-electron chi connectivity index (χ3n) is 5.34. The number of rotatable bonds is 5. The first kappa shape index (κ1) is 19.3. The lowest BCUT2D eigenvalue weighted by atomic mass is 10.2. The highest BCUT2D eigenvalue weighted by Gasteiger charge is 2.26. The van der Waals surface area contributed by atoms with Crippen molar-refractivity contribution in [3.05, 3.63) is 48.4 Å². The van der Waals surface area contributed by atoms with E-state index in [1.165, 1.54) is 6.26 Å².